The summed E-state index contributed by atoms with van der Waals surface area (Å²) in [4.78, 5) is 21.0. The number of nitrogens with one attached hydrogen (secondary N) is 2. The Balaban J connectivity index is 1.72. The van der Waals surface area contributed by atoms with E-state index in [9.17, 15) is 4.79 Å². The number of hydrogen-bond donors (Lipinski definition) is 2. The number of ether oxygens (including phenoxy) is 2. The van der Waals surface area contributed by atoms with Gasteiger partial charge < -0.3 is 29.9 Å². The number of rotatable bonds is 6. The van der Waals surface area contributed by atoms with Gasteiger partial charge in [-0.3, -0.25) is 4.99 Å². The third kappa shape index (κ3) is 8.78. The van der Waals surface area contributed by atoms with E-state index in [1.165, 1.54) is 12.8 Å². The number of carbonyl (C=O) groups excluding carboxylic acids is 1. The first kappa shape index (κ1) is 23.7. The van der Waals surface area contributed by atoms with Crippen LogP contribution in [0.25, 0.3) is 0 Å². The van der Waals surface area contributed by atoms with Crippen LogP contribution in [0, 0.1) is 5.92 Å². The lowest BCUT2D eigenvalue weighted by atomic mass is 9.97. The van der Waals surface area contributed by atoms with Gasteiger partial charge in [-0.15, -0.1) is 0 Å². The van der Waals surface area contributed by atoms with E-state index in [4.69, 9.17) is 9.47 Å². The molecule has 2 N–H and O–H groups in total. The summed E-state index contributed by atoms with van der Waals surface area (Å²) in [5.74, 6) is 1.49. The zero-order valence-corrected chi connectivity index (χ0v) is 19.0. The van der Waals surface area contributed by atoms with Gasteiger partial charge in [0.2, 0.25) is 0 Å². The van der Waals surface area contributed by atoms with Crippen molar-refractivity contribution in [2.24, 2.45) is 10.9 Å². The molecule has 1 unspecified atom stereocenters. The fraction of sp³-hybridized carbons (Fsp3) is 0.905. The zero-order chi connectivity index (χ0) is 21.3. The number of carbonyl (C=O) groups is 1. The molecular weight excluding hydrogens is 370 g/mol. The Kier molecular flexibility index (Phi) is 9.49. The first-order valence-electron chi connectivity index (χ1n) is 11.0. The number of aliphatic imine (C=N–C) groups is 1. The molecule has 2 heterocycles. The Bertz CT molecular complexity index is 527. The Morgan fingerprint density at radius 2 is 1.90 bits per heavy atom. The van der Waals surface area contributed by atoms with Crippen LogP contribution in [0.4, 0.5) is 4.79 Å². The van der Waals surface area contributed by atoms with Gasteiger partial charge in [-0.1, -0.05) is 0 Å². The van der Waals surface area contributed by atoms with E-state index >= 15 is 0 Å². The largest absolute Gasteiger partial charge is 0.444 e. The minimum atomic E-state index is -0.464. The van der Waals surface area contributed by atoms with Gasteiger partial charge in [0.05, 0.1) is 6.61 Å². The van der Waals surface area contributed by atoms with E-state index in [-0.39, 0.29) is 12.1 Å². The molecule has 0 aromatic carbocycles. The molecule has 2 saturated heterocycles. The highest BCUT2D eigenvalue weighted by molar-refractivity contribution is 5.80. The molecule has 8 nitrogen and oxygen atoms in total. The zero-order valence-electron chi connectivity index (χ0n) is 19.0. The van der Waals surface area contributed by atoms with Crippen molar-refractivity contribution in [3.63, 3.8) is 0 Å². The highest BCUT2D eigenvalue weighted by Gasteiger charge is 2.28. The maximum Gasteiger partial charge on any atom is 0.410 e. The summed E-state index contributed by atoms with van der Waals surface area (Å²) in [6.45, 7) is 12.1. The maximum absolute atomic E-state index is 12.4. The summed E-state index contributed by atoms with van der Waals surface area (Å²) in [6, 6.07) is 0.193. The van der Waals surface area contributed by atoms with Crippen LogP contribution >= 0.6 is 0 Å². The lowest BCUT2D eigenvalue weighted by molar-refractivity contribution is 0.0193. The molecule has 0 bridgehead atoms. The van der Waals surface area contributed by atoms with Crippen LogP contribution in [-0.2, 0) is 9.47 Å². The Labute approximate surface area is 176 Å². The molecule has 0 aromatic heterocycles. The first-order valence-corrected chi connectivity index (χ1v) is 11.0. The second kappa shape index (κ2) is 11.6. The number of guanidine groups is 1. The summed E-state index contributed by atoms with van der Waals surface area (Å²) < 4.78 is 10.7. The monoisotopic (exact) mass is 411 g/mol. The minimum Gasteiger partial charge on any atom is -0.444 e. The molecule has 1 atom stereocenters. The molecule has 8 heteroatoms. The van der Waals surface area contributed by atoms with E-state index in [1.807, 2.05) is 20.8 Å². The molecule has 0 radical (unpaired) electrons. The van der Waals surface area contributed by atoms with Crippen LogP contribution < -0.4 is 10.6 Å². The van der Waals surface area contributed by atoms with Crippen molar-refractivity contribution in [1.29, 1.82) is 0 Å². The van der Waals surface area contributed by atoms with Crippen molar-refractivity contribution in [1.82, 2.24) is 20.4 Å². The SMILES string of the molecule is CN=C(NCC1CCN(CCOC)CC1)NC1CCCN(C(=O)OC(C)(C)C)C1. The second-order valence-electron chi connectivity index (χ2n) is 9.14. The smallest absolute Gasteiger partial charge is 0.410 e. The molecule has 0 spiro atoms. The van der Waals surface area contributed by atoms with Crippen molar-refractivity contribution in [3.05, 3.63) is 0 Å². The van der Waals surface area contributed by atoms with Gasteiger partial charge in [0.15, 0.2) is 5.96 Å². The molecule has 2 fully saturated rings. The summed E-state index contributed by atoms with van der Waals surface area (Å²) in [6.07, 6.45) is 4.16. The number of amides is 1. The summed E-state index contributed by atoms with van der Waals surface area (Å²) >= 11 is 0. The molecule has 0 aromatic rings. The summed E-state index contributed by atoms with van der Waals surface area (Å²) in [5, 5.41) is 6.98. The average Bonchev–Trinajstić information content (AvgIpc) is 2.69. The molecule has 168 valence electrons. The van der Waals surface area contributed by atoms with E-state index in [1.54, 1.807) is 19.1 Å². The quantitative estimate of drug-likeness (QED) is 0.514. The predicted molar refractivity (Wildman–Crippen MR) is 116 cm³/mol. The fourth-order valence-corrected chi connectivity index (χ4v) is 3.85. The molecule has 2 rings (SSSR count). The number of hydrogen-bond acceptors (Lipinski definition) is 5. The minimum absolute atomic E-state index is 0.193. The molecule has 0 aliphatic carbocycles. The van der Waals surface area contributed by atoms with Crippen molar-refractivity contribution in [3.8, 4) is 0 Å². The molecule has 29 heavy (non-hydrogen) atoms. The lowest BCUT2D eigenvalue weighted by Gasteiger charge is -2.35. The van der Waals surface area contributed by atoms with Crippen LogP contribution in [-0.4, -0.2) is 93.5 Å². The maximum atomic E-state index is 12.4. The van der Waals surface area contributed by atoms with E-state index in [0.717, 1.165) is 58.1 Å². The highest BCUT2D eigenvalue weighted by Crippen LogP contribution is 2.17. The summed E-state index contributed by atoms with van der Waals surface area (Å²) in [7, 11) is 3.56. The Hall–Kier alpha value is -1.54. The molecule has 2 aliphatic rings. The third-order valence-corrected chi connectivity index (χ3v) is 5.51. The van der Waals surface area contributed by atoms with Crippen LogP contribution in [0.1, 0.15) is 46.5 Å². The van der Waals surface area contributed by atoms with E-state index in [0.29, 0.717) is 12.5 Å². The Morgan fingerprint density at radius 3 is 2.52 bits per heavy atom. The normalized spacial score (nSPS) is 22.4. The van der Waals surface area contributed by atoms with Gasteiger partial charge in [-0.05, 0) is 65.5 Å². The average molecular weight is 412 g/mol. The van der Waals surface area contributed by atoms with Crippen molar-refractivity contribution in [2.75, 3.05) is 60.0 Å². The number of piperidine rings is 2. The lowest BCUT2D eigenvalue weighted by Crippen LogP contribution is -2.53. The third-order valence-electron chi connectivity index (χ3n) is 5.51. The standard InChI is InChI=1S/C21H41N5O3/c1-21(2,3)29-20(27)26-10-6-7-18(16-26)24-19(22-4)23-15-17-8-11-25(12-9-17)13-14-28-5/h17-18H,6-16H2,1-5H3,(H2,22,23,24). The van der Waals surface area contributed by atoms with E-state index in [2.05, 4.69) is 20.5 Å². The van der Waals surface area contributed by atoms with Gasteiger partial charge in [-0.25, -0.2) is 4.79 Å². The van der Waals surface area contributed by atoms with Crippen LogP contribution in [0.5, 0.6) is 0 Å². The molecule has 2 aliphatic heterocycles. The van der Waals surface area contributed by atoms with Gasteiger partial charge in [0, 0.05) is 46.4 Å². The number of methoxy groups -OCH3 is 1. The fourth-order valence-electron chi connectivity index (χ4n) is 3.85. The summed E-state index contributed by atoms with van der Waals surface area (Å²) in [5.41, 5.74) is -0.464. The van der Waals surface area contributed by atoms with Crippen molar-refractivity contribution >= 4 is 12.1 Å². The van der Waals surface area contributed by atoms with Crippen LogP contribution in [0.2, 0.25) is 0 Å². The number of nitrogens with zero attached hydrogens (tertiary/aromatic N) is 3. The molecular formula is C21H41N5O3. The van der Waals surface area contributed by atoms with Crippen LogP contribution in [0.3, 0.4) is 0 Å². The molecule has 0 saturated carbocycles. The van der Waals surface area contributed by atoms with Gasteiger partial charge in [0.1, 0.15) is 5.60 Å². The predicted octanol–water partition coefficient (Wildman–Crippen LogP) is 1.91. The molecule has 1 amide bonds. The van der Waals surface area contributed by atoms with Gasteiger partial charge in [-0.2, -0.15) is 0 Å². The van der Waals surface area contributed by atoms with Crippen molar-refractivity contribution in [2.45, 2.75) is 58.1 Å². The Morgan fingerprint density at radius 1 is 1.17 bits per heavy atom. The first-order chi connectivity index (χ1) is 13.8. The van der Waals surface area contributed by atoms with Gasteiger partial charge >= 0.3 is 6.09 Å². The van der Waals surface area contributed by atoms with Crippen LogP contribution in [0.15, 0.2) is 4.99 Å². The topological polar surface area (TPSA) is 78.4 Å². The second-order valence-corrected chi connectivity index (χ2v) is 9.14. The van der Waals surface area contributed by atoms with Gasteiger partial charge in [0.25, 0.3) is 0 Å². The van der Waals surface area contributed by atoms with Crippen molar-refractivity contribution < 1.29 is 14.3 Å². The number of likely N-dealkylation sites (tertiary alicyclic amines) is 2. The van der Waals surface area contributed by atoms with E-state index < -0.39 is 5.60 Å². The highest BCUT2D eigenvalue weighted by atomic mass is 16.6.